The molecule has 1 aliphatic carbocycles. The summed E-state index contributed by atoms with van der Waals surface area (Å²) in [6, 6.07) is 7.54. The topological polar surface area (TPSA) is 35.6 Å². The number of hydrogen-bond acceptors (Lipinski definition) is 3. The normalized spacial score (nSPS) is 16.3. The number of hydrogen-bond donors (Lipinski definition) is 1. The molecule has 0 bridgehead atoms. The molecule has 154 valence electrons. The molecule has 1 aromatic carbocycles. The lowest BCUT2D eigenvalue weighted by Crippen LogP contribution is -2.61. The van der Waals surface area contributed by atoms with Crippen LogP contribution in [0.1, 0.15) is 51.9 Å². The van der Waals surface area contributed by atoms with Gasteiger partial charge in [0.2, 0.25) is 5.91 Å². The molecule has 0 saturated heterocycles. The summed E-state index contributed by atoms with van der Waals surface area (Å²) in [6.45, 7) is 2.93. The third kappa shape index (κ3) is 7.98. The third-order valence-corrected chi connectivity index (χ3v) is 4.95. The number of carbonyl (C=O) groups excluding carboxylic acids is 1. The number of benzene rings is 1. The molecule has 27 heavy (non-hydrogen) atoms. The molecule has 0 aliphatic heterocycles. The zero-order chi connectivity index (χ0) is 20.3. The van der Waals surface area contributed by atoms with Gasteiger partial charge >= 0.3 is 0 Å². The highest BCUT2D eigenvalue weighted by Crippen LogP contribution is 2.35. The number of amides is 1. The molecule has 0 unspecified atom stereocenters. The molecule has 1 aromatic rings. The van der Waals surface area contributed by atoms with E-state index < -0.39 is 0 Å². The predicted molar refractivity (Wildman–Crippen MR) is 118 cm³/mol. The Hall–Kier alpha value is -0.810. The van der Waals surface area contributed by atoms with Crippen molar-refractivity contribution in [3.05, 3.63) is 29.3 Å². The van der Waals surface area contributed by atoms with Gasteiger partial charge in [-0.2, -0.15) is 0 Å². The maximum Gasteiger partial charge on any atom is 0.229 e. The second-order valence-corrected chi connectivity index (χ2v) is 8.28. The van der Waals surface area contributed by atoms with Gasteiger partial charge in [-0.25, -0.2) is 0 Å². The minimum Gasteiger partial charge on any atom is -0.312 e. The van der Waals surface area contributed by atoms with Gasteiger partial charge in [-0.3, -0.25) is 15.0 Å². The molecule has 1 N–H and O–H groups in total. The number of halogens is 2. The molecule has 6 heteroatoms. The van der Waals surface area contributed by atoms with E-state index in [-0.39, 0.29) is 11.6 Å². The quantitative estimate of drug-likeness (QED) is 0.396. The molecule has 0 atom stereocenters. The fourth-order valence-electron chi connectivity index (χ4n) is 3.53. The van der Waals surface area contributed by atoms with E-state index in [0.717, 1.165) is 37.9 Å². The lowest BCUT2D eigenvalue weighted by molar-refractivity contribution is -0.120. The van der Waals surface area contributed by atoms with Gasteiger partial charge < -0.3 is 4.90 Å². The van der Waals surface area contributed by atoms with Gasteiger partial charge in [0.25, 0.3) is 0 Å². The minimum atomic E-state index is -0.317. The second-order valence-electron chi connectivity index (χ2n) is 7.46. The van der Waals surface area contributed by atoms with Crippen LogP contribution in [-0.4, -0.2) is 50.0 Å². The highest BCUT2D eigenvalue weighted by Gasteiger charge is 2.39. The SMILES string of the molecule is CCNC1(N(C(=O)CCCl)c2ccc(Cl)cc2)CCCCCC1.CN(C)C. The van der Waals surface area contributed by atoms with E-state index in [1.807, 2.05) is 55.2 Å². The highest BCUT2D eigenvalue weighted by molar-refractivity contribution is 6.30. The van der Waals surface area contributed by atoms with Gasteiger partial charge in [0.1, 0.15) is 0 Å². The number of carbonyl (C=O) groups is 1. The zero-order valence-corrected chi connectivity index (χ0v) is 18.7. The first-order chi connectivity index (χ1) is 12.9. The smallest absolute Gasteiger partial charge is 0.229 e. The Morgan fingerprint density at radius 2 is 1.59 bits per heavy atom. The van der Waals surface area contributed by atoms with Gasteiger partial charge in [-0.1, -0.05) is 31.4 Å². The summed E-state index contributed by atoms with van der Waals surface area (Å²) in [5.41, 5.74) is 0.578. The lowest BCUT2D eigenvalue weighted by Gasteiger charge is -2.44. The van der Waals surface area contributed by atoms with Crippen LogP contribution in [0.25, 0.3) is 0 Å². The van der Waals surface area contributed by atoms with Gasteiger partial charge in [-0.15, -0.1) is 11.6 Å². The van der Waals surface area contributed by atoms with Crippen molar-refractivity contribution in [3.8, 4) is 0 Å². The van der Waals surface area contributed by atoms with Crippen LogP contribution < -0.4 is 10.2 Å². The number of anilines is 1. The van der Waals surface area contributed by atoms with Crippen molar-refractivity contribution in [2.75, 3.05) is 38.5 Å². The summed E-state index contributed by atoms with van der Waals surface area (Å²) < 4.78 is 0. The van der Waals surface area contributed by atoms with Gasteiger partial charge in [-0.05, 0) is 77.6 Å². The van der Waals surface area contributed by atoms with E-state index in [4.69, 9.17) is 23.2 Å². The fraction of sp³-hybridized carbons (Fsp3) is 0.667. The summed E-state index contributed by atoms with van der Waals surface area (Å²) in [4.78, 5) is 16.8. The molecule has 0 radical (unpaired) electrons. The number of nitrogens with one attached hydrogen (secondary N) is 1. The van der Waals surface area contributed by atoms with Crippen LogP contribution in [0.5, 0.6) is 0 Å². The van der Waals surface area contributed by atoms with Gasteiger partial charge in [0, 0.05) is 23.0 Å². The van der Waals surface area contributed by atoms with Crippen molar-refractivity contribution < 1.29 is 4.79 Å². The van der Waals surface area contributed by atoms with E-state index in [1.54, 1.807) is 0 Å². The largest absolute Gasteiger partial charge is 0.312 e. The number of nitrogens with zero attached hydrogens (tertiary/aromatic N) is 2. The Bertz CT molecular complexity index is 538. The Morgan fingerprint density at radius 3 is 2.04 bits per heavy atom. The third-order valence-electron chi connectivity index (χ3n) is 4.51. The minimum absolute atomic E-state index is 0.0742. The maximum absolute atomic E-state index is 12.9. The van der Waals surface area contributed by atoms with E-state index in [9.17, 15) is 4.79 Å². The van der Waals surface area contributed by atoms with Crippen molar-refractivity contribution >= 4 is 34.8 Å². The number of rotatable bonds is 6. The molecule has 0 heterocycles. The first-order valence-corrected chi connectivity index (χ1v) is 10.8. The van der Waals surface area contributed by atoms with E-state index in [2.05, 4.69) is 12.2 Å². The molecular formula is C21H35Cl2N3O. The monoisotopic (exact) mass is 415 g/mol. The van der Waals surface area contributed by atoms with Crippen molar-refractivity contribution in [2.45, 2.75) is 57.5 Å². The van der Waals surface area contributed by atoms with Crippen molar-refractivity contribution in [1.29, 1.82) is 0 Å². The van der Waals surface area contributed by atoms with Crippen LogP contribution in [0, 0.1) is 0 Å². The second kappa shape index (κ2) is 12.6. The van der Waals surface area contributed by atoms with E-state index >= 15 is 0 Å². The molecule has 4 nitrogen and oxygen atoms in total. The van der Waals surface area contributed by atoms with Crippen LogP contribution in [0.2, 0.25) is 5.02 Å². The van der Waals surface area contributed by atoms with Crippen LogP contribution in [0.15, 0.2) is 24.3 Å². The van der Waals surface area contributed by atoms with E-state index in [0.29, 0.717) is 17.3 Å². The zero-order valence-electron chi connectivity index (χ0n) is 17.2. The van der Waals surface area contributed by atoms with Gasteiger partial charge in [0.05, 0.1) is 5.66 Å². The summed E-state index contributed by atoms with van der Waals surface area (Å²) >= 11 is 11.9. The van der Waals surface area contributed by atoms with Crippen molar-refractivity contribution in [3.63, 3.8) is 0 Å². The average Bonchev–Trinajstić information content (AvgIpc) is 2.83. The van der Waals surface area contributed by atoms with Crippen LogP contribution in [-0.2, 0) is 4.79 Å². The molecule has 0 aromatic heterocycles. The summed E-state index contributed by atoms with van der Waals surface area (Å²) in [7, 11) is 6.00. The predicted octanol–water partition coefficient (Wildman–Crippen LogP) is 5.14. The lowest BCUT2D eigenvalue weighted by atomic mass is 9.96. The van der Waals surface area contributed by atoms with Crippen LogP contribution in [0.3, 0.4) is 0 Å². The van der Waals surface area contributed by atoms with Crippen LogP contribution >= 0.6 is 23.2 Å². The highest BCUT2D eigenvalue weighted by atomic mass is 35.5. The number of alkyl halides is 1. The van der Waals surface area contributed by atoms with Crippen molar-refractivity contribution in [1.82, 2.24) is 10.2 Å². The average molecular weight is 416 g/mol. The Kier molecular flexibility index (Phi) is 11.3. The molecular weight excluding hydrogens is 381 g/mol. The van der Waals surface area contributed by atoms with Gasteiger partial charge in [0.15, 0.2) is 0 Å². The molecule has 2 rings (SSSR count). The molecule has 1 saturated carbocycles. The molecule has 1 fully saturated rings. The molecule has 0 spiro atoms. The summed E-state index contributed by atoms with van der Waals surface area (Å²) in [6.07, 6.45) is 7.00. The summed E-state index contributed by atoms with van der Waals surface area (Å²) in [5.74, 6) is 0.413. The Balaban J connectivity index is 0.000000828. The van der Waals surface area contributed by atoms with E-state index in [1.165, 1.54) is 12.8 Å². The Morgan fingerprint density at radius 1 is 1.07 bits per heavy atom. The Labute approximate surface area is 175 Å². The molecule has 1 aliphatic rings. The maximum atomic E-state index is 12.9. The molecule has 1 amide bonds. The first kappa shape index (κ1) is 24.2. The van der Waals surface area contributed by atoms with Crippen molar-refractivity contribution in [2.24, 2.45) is 0 Å². The first-order valence-electron chi connectivity index (χ1n) is 9.87. The standard InChI is InChI=1S/C18H26Cl2N2O.C3H9N/c1-2-21-18(12-5-3-4-6-13-18)22(17(23)11-14-19)16-9-7-15(20)8-10-16;1-4(2)3/h7-10,21H,2-6,11-14H2,1H3;1-3H3. The summed E-state index contributed by atoms with van der Waals surface area (Å²) in [5, 5.41) is 4.30. The fourth-order valence-corrected chi connectivity index (χ4v) is 3.82. The van der Waals surface area contributed by atoms with Crippen LogP contribution in [0.4, 0.5) is 5.69 Å².